The quantitative estimate of drug-likeness (QED) is 0.845. The first kappa shape index (κ1) is 11.8. The smallest absolute Gasteiger partial charge is 0.265 e. The predicted octanol–water partition coefficient (Wildman–Crippen LogP) is 1.99. The zero-order chi connectivity index (χ0) is 11.5. The third kappa shape index (κ3) is 2.35. The summed E-state index contributed by atoms with van der Waals surface area (Å²) in [7, 11) is 0. The lowest BCUT2D eigenvalue weighted by molar-refractivity contribution is 0.0941. The van der Waals surface area contributed by atoms with Crippen molar-refractivity contribution in [1.29, 1.82) is 0 Å². The minimum absolute atomic E-state index is 0.0647. The summed E-state index contributed by atoms with van der Waals surface area (Å²) in [4.78, 5) is 12.6. The molecule has 0 spiro atoms. The van der Waals surface area contributed by atoms with E-state index in [0.29, 0.717) is 4.88 Å². The first-order chi connectivity index (χ1) is 7.72. The highest BCUT2D eigenvalue weighted by atomic mass is 35.5. The molecular weight excluding hydrogens is 246 g/mol. The second-order valence-corrected chi connectivity index (χ2v) is 5.24. The monoisotopic (exact) mass is 259 g/mol. The molecule has 1 heterocycles. The summed E-state index contributed by atoms with van der Waals surface area (Å²) in [6.45, 7) is 1.97. The Labute approximate surface area is 104 Å². The normalized spacial score (nSPS) is 24.6. The van der Waals surface area contributed by atoms with Crippen LogP contribution >= 0.6 is 23.1 Å². The van der Waals surface area contributed by atoms with Gasteiger partial charge in [-0.25, -0.2) is 0 Å². The van der Waals surface area contributed by atoms with E-state index < -0.39 is 0 Å². The fourth-order valence-electron chi connectivity index (χ4n) is 1.92. The van der Waals surface area contributed by atoms with E-state index in [1.54, 1.807) is 0 Å². The van der Waals surface area contributed by atoms with Gasteiger partial charge in [-0.15, -0.1) is 16.7 Å². The number of carbonyl (C=O) groups is 1. The van der Waals surface area contributed by atoms with Gasteiger partial charge in [0, 0.05) is 6.04 Å². The molecule has 1 saturated carbocycles. The van der Waals surface area contributed by atoms with Crippen LogP contribution in [0.25, 0.3) is 0 Å². The molecule has 1 aliphatic carbocycles. The van der Waals surface area contributed by atoms with Crippen LogP contribution in [0, 0.1) is 0 Å². The Morgan fingerprint density at radius 1 is 1.62 bits per heavy atom. The average molecular weight is 260 g/mol. The maximum absolute atomic E-state index is 11.9. The number of rotatable bonds is 3. The molecule has 2 rings (SSSR count). The molecule has 1 aliphatic rings. The summed E-state index contributed by atoms with van der Waals surface area (Å²) in [6, 6.07) is 0.0981. The number of nitrogens with one attached hydrogen (secondary N) is 1. The first-order valence-electron chi connectivity index (χ1n) is 5.48. The van der Waals surface area contributed by atoms with Crippen molar-refractivity contribution in [3.63, 3.8) is 0 Å². The molecule has 1 aromatic heterocycles. The van der Waals surface area contributed by atoms with Gasteiger partial charge in [0.05, 0.1) is 11.1 Å². The van der Waals surface area contributed by atoms with Crippen LogP contribution in [-0.2, 0) is 6.42 Å². The van der Waals surface area contributed by atoms with Gasteiger partial charge < -0.3 is 5.32 Å². The second-order valence-electron chi connectivity index (χ2n) is 3.93. The van der Waals surface area contributed by atoms with E-state index in [-0.39, 0.29) is 17.3 Å². The van der Waals surface area contributed by atoms with Gasteiger partial charge in [0.1, 0.15) is 4.88 Å². The van der Waals surface area contributed by atoms with Crippen LogP contribution in [0.2, 0.25) is 0 Å². The van der Waals surface area contributed by atoms with Gasteiger partial charge in [0.15, 0.2) is 0 Å². The fraction of sp³-hybridized carbons (Fsp3) is 0.700. The van der Waals surface area contributed by atoms with Crippen molar-refractivity contribution in [2.75, 3.05) is 0 Å². The number of amides is 1. The molecule has 16 heavy (non-hydrogen) atoms. The summed E-state index contributed by atoms with van der Waals surface area (Å²) < 4.78 is 3.81. The third-order valence-corrected chi connectivity index (χ3v) is 4.13. The average Bonchev–Trinajstić information content (AvgIpc) is 2.87. The van der Waals surface area contributed by atoms with Crippen molar-refractivity contribution in [2.24, 2.45) is 0 Å². The van der Waals surface area contributed by atoms with Crippen molar-refractivity contribution in [2.45, 2.75) is 44.0 Å². The van der Waals surface area contributed by atoms with Gasteiger partial charge in [-0.2, -0.15) is 0 Å². The maximum atomic E-state index is 11.9. The predicted molar refractivity (Wildman–Crippen MR) is 64.0 cm³/mol. The third-order valence-electron chi connectivity index (χ3n) is 2.84. The highest BCUT2D eigenvalue weighted by Crippen LogP contribution is 2.24. The Morgan fingerprint density at radius 3 is 3.06 bits per heavy atom. The van der Waals surface area contributed by atoms with Crippen LogP contribution in [-0.4, -0.2) is 26.9 Å². The minimum Gasteiger partial charge on any atom is -0.347 e. The second kappa shape index (κ2) is 5.10. The summed E-state index contributed by atoms with van der Waals surface area (Å²) in [5.74, 6) is -0.0793. The summed E-state index contributed by atoms with van der Waals surface area (Å²) in [5, 5.41) is 6.95. The highest BCUT2D eigenvalue weighted by molar-refractivity contribution is 7.08. The molecule has 1 amide bonds. The van der Waals surface area contributed by atoms with Crippen molar-refractivity contribution in [1.82, 2.24) is 14.9 Å². The Balaban J connectivity index is 2.02. The lowest BCUT2D eigenvalue weighted by Gasteiger charge is -2.15. The molecule has 1 fully saturated rings. The minimum atomic E-state index is -0.0793. The Morgan fingerprint density at radius 2 is 2.44 bits per heavy atom. The maximum Gasteiger partial charge on any atom is 0.265 e. The van der Waals surface area contributed by atoms with Crippen LogP contribution in [0.5, 0.6) is 0 Å². The Kier molecular flexibility index (Phi) is 3.76. The molecule has 2 unspecified atom stereocenters. The van der Waals surface area contributed by atoms with Gasteiger partial charge in [0.2, 0.25) is 0 Å². The van der Waals surface area contributed by atoms with Crippen molar-refractivity contribution >= 4 is 29.0 Å². The van der Waals surface area contributed by atoms with E-state index in [1.807, 2.05) is 6.92 Å². The number of hydrogen-bond donors (Lipinski definition) is 1. The van der Waals surface area contributed by atoms with Crippen molar-refractivity contribution < 1.29 is 4.79 Å². The molecule has 4 nitrogen and oxygen atoms in total. The molecule has 2 atom stereocenters. The van der Waals surface area contributed by atoms with E-state index in [0.717, 1.165) is 42.9 Å². The van der Waals surface area contributed by atoms with Crippen LogP contribution in [0.3, 0.4) is 0 Å². The number of carbonyl (C=O) groups excluding carboxylic acids is 1. The standard InChI is InChI=1S/C10H14ClN3OS/c1-2-7-9(16-14-13-7)10(15)12-8-5-3-4-6(8)11/h6,8H,2-5H2,1H3,(H,12,15). The Hall–Kier alpha value is -0.680. The molecule has 1 N–H and O–H groups in total. The molecule has 0 saturated heterocycles. The lowest BCUT2D eigenvalue weighted by atomic mass is 10.2. The lowest BCUT2D eigenvalue weighted by Crippen LogP contribution is -2.37. The van der Waals surface area contributed by atoms with Crippen LogP contribution < -0.4 is 5.32 Å². The van der Waals surface area contributed by atoms with Gasteiger partial charge in [0.25, 0.3) is 5.91 Å². The number of halogens is 1. The number of aromatic nitrogens is 2. The van der Waals surface area contributed by atoms with Crippen LogP contribution in [0.4, 0.5) is 0 Å². The van der Waals surface area contributed by atoms with Gasteiger partial charge in [-0.05, 0) is 37.2 Å². The molecular formula is C10H14ClN3OS. The number of nitrogens with zero attached hydrogens (tertiary/aromatic N) is 2. The molecule has 0 aliphatic heterocycles. The summed E-state index contributed by atoms with van der Waals surface area (Å²) in [5.41, 5.74) is 0.770. The van der Waals surface area contributed by atoms with E-state index >= 15 is 0 Å². The SMILES string of the molecule is CCc1nnsc1C(=O)NC1CCCC1Cl. The largest absolute Gasteiger partial charge is 0.347 e. The molecule has 1 aromatic rings. The van der Waals surface area contributed by atoms with Crippen LogP contribution in [0.1, 0.15) is 41.6 Å². The van der Waals surface area contributed by atoms with E-state index in [9.17, 15) is 4.79 Å². The van der Waals surface area contributed by atoms with Crippen molar-refractivity contribution in [3.8, 4) is 0 Å². The van der Waals surface area contributed by atoms with Gasteiger partial charge in [-0.3, -0.25) is 4.79 Å². The van der Waals surface area contributed by atoms with E-state index in [4.69, 9.17) is 11.6 Å². The van der Waals surface area contributed by atoms with E-state index in [1.165, 1.54) is 0 Å². The molecule has 0 radical (unpaired) electrons. The number of hydrogen-bond acceptors (Lipinski definition) is 4. The van der Waals surface area contributed by atoms with Gasteiger partial charge in [-0.1, -0.05) is 11.4 Å². The highest BCUT2D eigenvalue weighted by Gasteiger charge is 2.28. The molecule has 6 heteroatoms. The topological polar surface area (TPSA) is 54.9 Å². The zero-order valence-corrected chi connectivity index (χ0v) is 10.6. The molecule has 88 valence electrons. The Bertz CT molecular complexity index is 382. The zero-order valence-electron chi connectivity index (χ0n) is 9.07. The molecule has 0 bridgehead atoms. The van der Waals surface area contributed by atoms with Crippen molar-refractivity contribution in [3.05, 3.63) is 10.6 Å². The van der Waals surface area contributed by atoms with E-state index in [2.05, 4.69) is 14.9 Å². The fourth-order valence-corrected chi connectivity index (χ4v) is 2.92. The van der Waals surface area contributed by atoms with Gasteiger partial charge >= 0.3 is 0 Å². The van der Waals surface area contributed by atoms with Crippen LogP contribution in [0.15, 0.2) is 0 Å². The number of alkyl halides is 1. The number of aryl methyl sites for hydroxylation is 1. The molecule has 0 aromatic carbocycles. The summed E-state index contributed by atoms with van der Waals surface area (Å²) >= 11 is 7.27. The first-order valence-corrected chi connectivity index (χ1v) is 6.69. The summed E-state index contributed by atoms with van der Waals surface area (Å²) in [6.07, 6.45) is 3.76.